The lowest BCUT2D eigenvalue weighted by atomic mass is 9.94. The summed E-state index contributed by atoms with van der Waals surface area (Å²) in [6, 6.07) is 24.9. The molecular formula is C28H25ClN4O2. The van der Waals surface area contributed by atoms with Crippen molar-refractivity contribution in [2.45, 2.75) is 26.3 Å². The van der Waals surface area contributed by atoms with E-state index in [0.717, 1.165) is 39.9 Å². The van der Waals surface area contributed by atoms with Gasteiger partial charge in [-0.2, -0.15) is 4.98 Å². The van der Waals surface area contributed by atoms with E-state index in [1.54, 1.807) is 17.0 Å². The summed E-state index contributed by atoms with van der Waals surface area (Å²) in [5, 5.41) is 8.01. The molecule has 0 bridgehead atoms. The minimum Gasteiger partial charge on any atom is -0.334 e. The van der Waals surface area contributed by atoms with Crippen molar-refractivity contribution >= 4 is 23.2 Å². The van der Waals surface area contributed by atoms with Crippen molar-refractivity contribution < 1.29 is 9.32 Å². The minimum absolute atomic E-state index is 0.148. The van der Waals surface area contributed by atoms with Gasteiger partial charge in [-0.05, 0) is 55.7 Å². The molecule has 0 aliphatic carbocycles. The summed E-state index contributed by atoms with van der Waals surface area (Å²) in [5.74, 6) is 0.843. The van der Waals surface area contributed by atoms with Crippen molar-refractivity contribution in [1.29, 1.82) is 0 Å². The number of nitrogens with one attached hydrogen (secondary N) is 1. The first-order chi connectivity index (χ1) is 17.0. The summed E-state index contributed by atoms with van der Waals surface area (Å²) in [4.78, 5) is 19.7. The second kappa shape index (κ2) is 9.76. The molecule has 1 aliphatic rings. The number of amides is 2. The van der Waals surface area contributed by atoms with E-state index in [1.165, 1.54) is 0 Å². The molecule has 176 valence electrons. The largest absolute Gasteiger partial charge is 0.334 e. The number of carbonyl (C=O) groups is 1. The second-order valence-electron chi connectivity index (χ2n) is 8.61. The average Bonchev–Trinajstić information content (AvgIpc) is 3.35. The number of benzene rings is 3. The Labute approximate surface area is 209 Å². The topological polar surface area (TPSA) is 71.3 Å². The molecule has 1 N–H and O–H groups in total. The SMILES string of the molecule is CC1=C(c2nc(-c3ccc(Cl)cc3)no2)C(c2ccc(C)cc2)NC(=O)N1CCc1ccccc1. The third kappa shape index (κ3) is 4.84. The van der Waals surface area contributed by atoms with Crippen LogP contribution in [0.15, 0.2) is 89.1 Å². The monoisotopic (exact) mass is 484 g/mol. The average molecular weight is 485 g/mol. The van der Waals surface area contributed by atoms with Crippen LogP contribution >= 0.6 is 11.6 Å². The van der Waals surface area contributed by atoms with Crippen molar-refractivity contribution in [3.63, 3.8) is 0 Å². The standard InChI is InChI=1S/C28H25ClN4O2/c1-18-8-10-21(11-9-18)25-24(27-31-26(32-35-27)22-12-14-23(29)15-13-22)19(2)33(28(34)30-25)17-16-20-6-4-3-5-7-20/h3-15,25H,16-17H2,1-2H3,(H,30,34). The third-order valence-corrected chi connectivity index (χ3v) is 6.48. The fourth-order valence-corrected chi connectivity index (χ4v) is 4.40. The first-order valence-electron chi connectivity index (χ1n) is 11.5. The Hall–Kier alpha value is -3.90. The molecule has 7 heteroatoms. The number of halogens is 1. The van der Waals surface area contributed by atoms with Gasteiger partial charge in [-0.15, -0.1) is 0 Å². The zero-order chi connectivity index (χ0) is 24.4. The van der Waals surface area contributed by atoms with Gasteiger partial charge >= 0.3 is 6.03 Å². The van der Waals surface area contributed by atoms with Crippen LogP contribution < -0.4 is 5.32 Å². The summed E-state index contributed by atoms with van der Waals surface area (Å²) in [6.07, 6.45) is 0.730. The molecule has 1 aliphatic heterocycles. The predicted molar refractivity (Wildman–Crippen MR) is 137 cm³/mol. The first-order valence-corrected chi connectivity index (χ1v) is 11.9. The van der Waals surface area contributed by atoms with Crippen LogP contribution in [0.2, 0.25) is 5.02 Å². The fraction of sp³-hybridized carbons (Fsp3) is 0.179. The highest BCUT2D eigenvalue weighted by molar-refractivity contribution is 6.30. The molecule has 0 spiro atoms. The van der Waals surface area contributed by atoms with E-state index in [0.29, 0.717) is 23.3 Å². The maximum atomic E-state index is 13.2. The Morgan fingerprint density at radius 2 is 1.69 bits per heavy atom. The van der Waals surface area contributed by atoms with Gasteiger partial charge in [0.25, 0.3) is 5.89 Å². The van der Waals surface area contributed by atoms with Crippen LogP contribution in [-0.2, 0) is 6.42 Å². The van der Waals surface area contributed by atoms with E-state index in [2.05, 4.69) is 22.6 Å². The van der Waals surface area contributed by atoms with Crippen molar-refractivity contribution in [1.82, 2.24) is 20.4 Å². The quantitative estimate of drug-likeness (QED) is 0.342. The predicted octanol–water partition coefficient (Wildman–Crippen LogP) is 6.44. The van der Waals surface area contributed by atoms with Gasteiger partial charge in [-0.1, -0.05) is 76.9 Å². The lowest BCUT2D eigenvalue weighted by Gasteiger charge is -2.35. The second-order valence-corrected chi connectivity index (χ2v) is 9.05. The molecule has 0 saturated heterocycles. The molecule has 6 nitrogen and oxygen atoms in total. The summed E-state index contributed by atoms with van der Waals surface area (Å²) < 4.78 is 5.75. The Balaban J connectivity index is 1.54. The number of hydrogen-bond donors (Lipinski definition) is 1. The van der Waals surface area contributed by atoms with Crippen molar-refractivity contribution in [3.8, 4) is 11.4 Å². The van der Waals surface area contributed by atoms with Crippen LogP contribution in [0.25, 0.3) is 17.0 Å². The molecule has 1 unspecified atom stereocenters. The van der Waals surface area contributed by atoms with Crippen molar-refractivity contribution in [3.05, 3.63) is 112 Å². The van der Waals surface area contributed by atoms with Gasteiger partial charge in [0.1, 0.15) is 0 Å². The van der Waals surface area contributed by atoms with E-state index in [1.807, 2.05) is 68.4 Å². The normalized spacial score (nSPS) is 15.9. The maximum absolute atomic E-state index is 13.2. The number of aromatic nitrogens is 2. The van der Waals surface area contributed by atoms with Gasteiger partial charge < -0.3 is 9.84 Å². The molecule has 35 heavy (non-hydrogen) atoms. The Morgan fingerprint density at radius 1 is 0.971 bits per heavy atom. The summed E-state index contributed by atoms with van der Waals surface area (Å²) >= 11 is 6.03. The summed E-state index contributed by atoms with van der Waals surface area (Å²) in [7, 11) is 0. The van der Waals surface area contributed by atoms with Crippen LogP contribution in [0.1, 0.15) is 35.5 Å². The lowest BCUT2D eigenvalue weighted by Crippen LogP contribution is -2.46. The Bertz CT molecular complexity index is 1360. The van der Waals surface area contributed by atoms with Gasteiger partial charge in [0.05, 0.1) is 11.6 Å². The smallest absolute Gasteiger partial charge is 0.322 e. The van der Waals surface area contributed by atoms with Crippen LogP contribution in [0.3, 0.4) is 0 Å². The molecule has 2 amide bonds. The number of urea groups is 1. The zero-order valence-electron chi connectivity index (χ0n) is 19.5. The van der Waals surface area contributed by atoms with Crippen LogP contribution in [0.4, 0.5) is 4.79 Å². The highest BCUT2D eigenvalue weighted by Gasteiger charge is 2.35. The first kappa shape index (κ1) is 22.9. The van der Waals surface area contributed by atoms with E-state index >= 15 is 0 Å². The van der Waals surface area contributed by atoms with Gasteiger partial charge in [-0.3, -0.25) is 4.90 Å². The number of aryl methyl sites for hydroxylation is 1. The molecule has 1 aromatic heterocycles. The van der Waals surface area contributed by atoms with Gasteiger partial charge in [0.15, 0.2) is 0 Å². The molecule has 0 fully saturated rings. The maximum Gasteiger partial charge on any atom is 0.322 e. The minimum atomic E-state index is -0.408. The molecule has 4 aromatic rings. The van der Waals surface area contributed by atoms with Gasteiger partial charge in [-0.25, -0.2) is 4.79 Å². The van der Waals surface area contributed by atoms with E-state index in [9.17, 15) is 4.79 Å². The van der Waals surface area contributed by atoms with E-state index < -0.39 is 6.04 Å². The van der Waals surface area contributed by atoms with Gasteiger partial charge in [0, 0.05) is 22.8 Å². The van der Waals surface area contributed by atoms with Crippen molar-refractivity contribution in [2.24, 2.45) is 0 Å². The molecular weight excluding hydrogens is 460 g/mol. The molecule has 5 rings (SSSR count). The number of rotatable bonds is 6. The van der Waals surface area contributed by atoms with Gasteiger partial charge in [0.2, 0.25) is 5.82 Å². The van der Waals surface area contributed by atoms with E-state index in [-0.39, 0.29) is 6.03 Å². The number of nitrogens with zero attached hydrogens (tertiary/aromatic N) is 3. The summed E-state index contributed by atoms with van der Waals surface area (Å²) in [5.41, 5.74) is 5.64. The van der Waals surface area contributed by atoms with Crippen LogP contribution in [0.5, 0.6) is 0 Å². The highest BCUT2D eigenvalue weighted by Crippen LogP contribution is 2.37. The molecule has 2 heterocycles. The van der Waals surface area contributed by atoms with Crippen LogP contribution in [-0.4, -0.2) is 27.6 Å². The Kier molecular flexibility index (Phi) is 6.38. The number of hydrogen-bond acceptors (Lipinski definition) is 4. The van der Waals surface area contributed by atoms with E-state index in [4.69, 9.17) is 21.1 Å². The Morgan fingerprint density at radius 3 is 2.40 bits per heavy atom. The zero-order valence-corrected chi connectivity index (χ0v) is 20.3. The summed E-state index contributed by atoms with van der Waals surface area (Å²) in [6.45, 7) is 4.50. The fourth-order valence-electron chi connectivity index (χ4n) is 4.27. The number of allylic oxidation sites excluding steroid dienone is 1. The van der Waals surface area contributed by atoms with Crippen molar-refractivity contribution in [2.75, 3.05) is 6.54 Å². The molecule has 3 aromatic carbocycles. The third-order valence-electron chi connectivity index (χ3n) is 6.23. The van der Waals surface area contributed by atoms with Crippen LogP contribution in [0, 0.1) is 6.92 Å². The number of carbonyl (C=O) groups excluding carboxylic acids is 1. The molecule has 1 atom stereocenters. The molecule has 0 radical (unpaired) electrons. The highest BCUT2D eigenvalue weighted by atomic mass is 35.5. The lowest BCUT2D eigenvalue weighted by molar-refractivity contribution is 0.205. The molecule has 0 saturated carbocycles.